The molecule has 0 aliphatic carbocycles. The van der Waals surface area contributed by atoms with E-state index in [0.29, 0.717) is 6.54 Å². The molecule has 0 radical (unpaired) electrons. The summed E-state index contributed by atoms with van der Waals surface area (Å²) in [6.07, 6.45) is 1.38. The van der Waals surface area contributed by atoms with Crippen molar-refractivity contribution in [2.75, 3.05) is 6.54 Å². The van der Waals surface area contributed by atoms with Gasteiger partial charge in [-0.25, -0.2) is 0 Å². The Kier molecular flexibility index (Phi) is 5.53. The lowest BCUT2D eigenvalue weighted by Gasteiger charge is -2.26. The minimum Gasteiger partial charge on any atom is -0.392 e. The number of hydrogen-bond acceptors (Lipinski definition) is 3. The second kappa shape index (κ2) is 5.58. The lowest BCUT2D eigenvalue weighted by atomic mass is 10.0. The topological polar surface area (TPSA) is 52.5 Å². The predicted molar refractivity (Wildman–Crippen MR) is 54.7 cm³/mol. The first kappa shape index (κ1) is 12.9. The van der Waals surface area contributed by atoms with E-state index in [2.05, 4.69) is 5.32 Å². The molecule has 0 bridgehead atoms. The third kappa shape index (κ3) is 6.02. The van der Waals surface area contributed by atoms with Gasteiger partial charge >= 0.3 is 0 Å². The number of aliphatic hydroxyl groups is 2. The highest BCUT2D eigenvalue weighted by molar-refractivity contribution is 4.78. The van der Waals surface area contributed by atoms with Crippen LogP contribution in [-0.4, -0.2) is 34.5 Å². The van der Waals surface area contributed by atoms with Gasteiger partial charge in [-0.15, -0.1) is 0 Å². The summed E-state index contributed by atoms with van der Waals surface area (Å²) in [5.41, 5.74) is -0.655. The summed E-state index contributed by atoms with van der Waals surface area (Å²) in [4.78, 5) is 0. The van der Waals surface area contributed by atoms with Crippen molar-refractivity contribution in [3.05, 3.63) is 0 Å². The monoisotopic (exact) mass is 189 g/mol. The second-order valence-electron chi connectivity index (χ2n) is 4.16. The second-order valence-corrected chi connectivity index (χ2v) is 4.16. The predicted octanol–water partition coefficient (Wildman–Crippen LogP) is 0.896. The molecule has 0 fully saturated rings. The van der Waals surface area contributed by atoms with Crippen LogP contribution in [0.25, 0.3) is 0 Å². The third-order valence-corrected chi connectivity index (χ3v) is 2.32. The van der Waals surface area contributed by atoms with Gasteiger partial charge < -0.3 is 15.5 Å². The Morgan fingerprint density at radius 1 is 1.38 bits per heavy atom. The van der Waals surface area contributed by atoms with Crippen LogP contribution >= 0.6 is 0 Å². The molecule has 3 heteroatoms. The molecule has 3 unspecified atom stereocenters. The minimum absolute atomic E-state index is 0.0309. The Labute approximate surface area is 81.2 Å². The molecule has 0 aromatic carbocycles. The van der Waals surface area contributed by atoms with Gasteiger partial charge in [0.15, 0.2) is 0 Å². The Balaban J connectivity index is 3.73. The molecule has 80 valence electrons. The van der Waals surface area contributed by atoms with Crippen LogP contribution < -0.4 is 5.32 Å². The van der Waals surface area contributed by atoms with Gasteiger partial charge in [-0.1, -0.05) is 13.3 Å². The van der Waals surface area contributed by atoms with E-state index in [1.807, 2.05) is 20.8 Å². The van der Waals surface area contributed by atoms with Gasteiger partial charge in [0.2, 0.25) is 0 Å². The SMILES string of the molecule is CCCC(C)(O)CNC(C)C(C)O. The molecule has 0 spiro atoms. The molecular weight excluding hydrogens is 166 g/mol. The summed E-state index contributed by atoms with van der Waals surface area (Å²) < 4.78 is 0. The van der Waals surface area contributed by atoms with Gasteiger partial charge in [-0.3, -0.25) is 0 Å². The van der Waals surface area contributed by atoms with E-state index in [4.69, 9.17) is 0 Å². The van der Waals surface area contributed by atoms with Crippen LogP contribution in [0, 0.1) is 0 Å². The van der Waals surface area contributed by atoms with Gasteiger partial charge in [0, 0.05) is 12.6 Å². The Bertz CT molecular complexity index is 135. The lowest BCUT2D eigenvalue weighted by molar-refractivity contribution is 0.0408. The van der Waals surface area contributed by atoms with E-state index in [9.17, 15) is 10.2 Å². The maximum Gasteiger partial charge on any atom is 0.0743 e. The molecule has 0 rings (SSSR count). The zero-order chi connectivity index (χ0) is 10.5. The summed E-state index contributed by atoms with van der Waals surface area (Å²) in [5.74, 6) is 0. The van der Waals surface area contributed by atoms with Crippen molar-refractivity contribution in [2.24, 2.45) is 0 Å². The van der Waals surface area contributed by atoms with Crippen LogP contribution in [0.1, 0.15) is 40.5 Å². The maximum absolute atomic E-state index is 9.80. The van der Waals surface area contributed by atoms with Gasteiger partial charge in [0.25, 0.3) is 0 Å². The Morgan fingerprint density at radius 2 is 1.92 bits per heavy atom. The first-order valence-electron chi connectivity index (χ1n) is 5.03. The van der Waals surface area contributed by atoms with Gasteiger partial charge in [-0.05, 0) is 27.2 Å². The van der Waals surface area contributed by atoms with Gasteiger partial charge in [0.05, 0.1) is 11.7 Å². The van der Waals surface area contributed by atoms with Gasteiger partial charge in [-0.2, -0.15) is 0 Å². The largest absolute Gasteiger partial charge is 0.392 e. The van der Waals surface area contributed by atoms with E-state index in [-0.39, 0.29) is 12.1 Å². The molecule has 0 aliphatic rings. The number of nitrogens with one attached hydrogen (secondary N) is 1. The molecule has 3 N–H and O–H groups in total. The molecule has 0 aromatic heterocycles. The highest BCUT2D eigenvalue weighted by Crippen LogP contribution is 2.10. The minimum atomic E-state index is -0.655. The van der Waals surface area contributed by atoms with Crippen molar-refractivity contribution in [1.82, 2.24) is 5.32 Å². The van der Waals surface area contributed by atoms with Crippen LogP contribution in [0.5, 0.6) is 0 Å². The molecule has 0 amide bonds. The van der Waals surface area contributed by atoms with E-state index in [0.717, 1.165) is 12.8 Å². The molecule has 13 heavy (non-hydrogen) atoms. The van der Waals surface area contributed by atoms with Crippen LogP contribution in [0.4, 0.5) is 0 Å². The van der Waals surface area contributed by atoms with Crippen molar-refractivity contribution >= 4 is 0 Å². The van der Waals surface area contributed by atoms with Crippen molar-refractivity contribution in [3.8, 4) is 0 Å². The molecule has 3 nitrogen and oxygen atoms in total. The molecule has 0 saturated carbocycles. The van der Waals surface area contributed by atoms with Crippen LogP contribution in [-0.2, 0) is 0 Å². The fourth-order valence-corrected chi connectivity index (χ4v) is 1.18. The lowest BCUT2D eigenvalue weighted by Crippen LogP contribution is -2.45. The highest BCUT2D eigenvalue weighted by Gasteiger charge is 2.20. The van der Waals surface area contributed by atoms with E-state index < -0.39 is 5.60 Å². The van der Waals surface area contributed by atoms with Crippen molar-refractivity contribution in [2.45, 2.75) is 58.3 Å². The van der Waals surface area contributed by atoms with Gasteiger partial charge in [0.1, 0.15) is 0 Å². The summed E-state index contributed by atoms with van der Waals surface area (Å²) in [7, 11) is 0. The third-order valence-electron chi connectivity index (χ3n) is 2.32. The van der Waals surface area contributed by atoms with Crippen molar-refractivity contribution in [1.29, 1.82) is 0 Å². The first-order chi connectivity index (χ1) is 5.89. The summed E-state index contributed by atoms with van der Waals surface area (Å²) in [5, 5.41) is 22.1. The Hall–Kier alpha value is -0.120. The molecule has 0 heterocycles. The van der Waals surface area contributed by atoms with Crippen LogP contribution in [0.15, 0.2) is 0 Å². The molecule has 0 aromatic rings. The molecular formula is C10H23NO2. The molecule has 3 atom stereocenters. The van der Waals surface area contributed by atoms with Crippen LogP contribution in [0.3, 0.4) is 0 Å². The molecule has 0 aliphatic heterocycles. The molecule has 0 saturated heterocycles. The smallest absolute Gasteiger partial charge is 0.0743 e. The number of aliphatic hydroxyl groups excluding tert-OH is 1. The van der Waals surface area contributed by atoms with E-state index in [1.54, 1.807) is 6.92 Å². The Morgan fingerprint density at radius 3 is 2.31 bits per heavy atom. The number of hydrogen-bond donors (Lipinski definition) is 3. The maximum atomic E-state index is 9.80. The van der Waals surface area contributed by atoms with Crippen LogP contribution in [0.2, 0.25) is 0 Å². The fourth-order valence-electron chi connectivity index (χ4n) is 1.18. The zero-order valence-corrected chi connectivity index (χ0v) is 9.17. The average molecular weight is 189 g/mol. The fraction of sp³-hybridized carbons (Fsp3) is 1.00. The average Bonchev–Trinajstić information content (AvgIpc) is 2.00. The first-order valence-corrected chi connectivity index (χ1v) is 5.03. The standard InChI is InChI=1S/C10H23NO2/c1-5-6-10(4,13)7-11-8(2)9(3)12/h8-9,11-13H,5-7H2,1-4H3. The summed E-state index contributed by atoms with van der Waals surface area (Å²) in [6.45, 7) is 8.05. The summed E-state index contributed by atoms with van der Waals surface area (Å²) in [6, 6.07) is 0.0309. The number of rotatable bonds is 6. The van der Waals surface area contributed by atoms with E-state index >= 15 is 0 Å². The summed E-state index contributed by atoms with van der Waals surface area (Å²) >= 11 is 0. The van der Waals surface area contributed by atoms with Crippen molar-refractivity contribution in [3.63, 3.8) is 0 Å². The van der Waals surface area contributed by atoms with E-state index in [1.165, 1.54) is 0 Å². The van der Waals surface area contributed by atoms with Crippen molar-refractivity contribution < 1.29 is 10.2 Å². The zero-order valence-electron chi connectivity index (χ0n) is 9.17. The highest BCUT2D eigenvalue weighted by atomic mass is 16.3. The quantitative estimate of drug-likeness (QED) is 0.582. The normalized spacial score (nSPS) is 20.8.